The summed E-state index contributed by atoms with van der Waals surface area (Å²) >= 11 is 0. The van der Waals surface area contributed by atoms with Gasteiger partial charge in [-0.25, -0.2) is 0 Å². The van der Waals surface area contributed by atoms with Crippen LogP contribution >= 0.6 is 0 Å². The van der Waals surface area contributed by atoms with Crippen molar-refractivity contribution in [1.29, 1.82) is 5.26 Å². The van der Waals surface area contributed by atoms with Crippen molar-refractivity contribution in [2.24, 2.45) is 0 Å². The summed E-state index contributed by atoms with van der Waals surface area (Å²) in [5, 5.41) is 12.0. The number of benzene rings is 1. The van der Waals surface area contributed by atoms with Crippen LogP contribution in [0.1, 0.15) is 29.7 Å². The Hall–Kier alpha value is -1.33. The molecular formula is C10H10N2. The number of rotatable bonds is 0. The second-order valence-corrected chi connectivity index (χ2v) is 3.13. The van der Waals surface area contributed by atoms with Crippen molar-refractivity contribution < 1.29 is 0 Å². The topological polar surface area (TPSA) is 35.8 Å². The minimum atomic E-state index is 0.397. The fraction of sp³-hybridized carbons (Fsp3) is 0.300. The van der Waals surface area contributed by atoms with Crippen LogP contribution in [0.25, 0.3) is 0 Å². The Balaban J connectivity index is 2.52. The Morgan fingerprint density at radius 3 is 3.17 bits per heavy atom. The van der Waals surface area contributed by atoms with Crippen molar-refractivity contribution >= 4 is 0 Å². The van der Waals surface area contributed by atoms with E-state index in [1.807, 2.05) is 18.2 Å². The van der Waals surface area contributed by atoms with E-state index in [1.165, 1.54) is 11.1 Å². The smallest absolute Gasteiger partial charge is 0.0991 e. The van der Waals surface area contributed by atoms with Crippen LogP contribution in [0.2, 0.25) is 0 Å². The summed E-state index contributed by atoms with van der Waals surface area (Å²) in [6, 6.07) is 8.42. The monoisotopic (exact) mass is 158 g/mol. The molecule has 1 heterocycles. The van der Waals surface area contributed by atoms with Crippen LogP contribution in [0.4, 0.5) is 0 Å². The van der Waals surface area contributed by atoms with E-state index >= 15 is 0 Å². The summed E-state index contributed by atoms with van der Waals surface area (Å²) in [6.07, 6.45) is 0. The molecule has 0 aromatic heterocycles. The molecule has 0 unspecified atom stereocenters. The van der Waals surface area contributed by atoms with Gasteiger partial charge in [0.15, 0.2) is 0 Å². The maximum absolute atomic E-state index is 8.68. The molecule has 60 valence electrons. The highest BCUT2D eigenvalue weighted by molar-refractivity contribution is 5.41. The fourth-order valence-corrected chi connectivity index (χ4v) is 1.60. The molecule has 0 saturated carbocycles. The van der Waals surface area contributed by atoms with Gasteiger partial charge in [-0.05, 0) is 30.2 Å². The molecule has 2 heteroatoms. The highest BCUT2D eigenvalue weighted by atomic mass is 14.9. The highest BCUT2D eigenvalue weighted by Crippen LogP contribution is 2.25. The third-order valence-corrected chi connectivity index (χ3v) is 2.34. The summed E-state index contributed by atoms with van der Waals surface area (Å²) in [6.45, 7) is 3.05. The maximum Gasteiger partial charge on any atom is 0.0991 e. The number of fused-ring (bicyclic) bond motifs is 1. The average molecular weight is 158 g/mol. The third kappa shape index (κ3) is 0.992. The summed E-state index contributed by atoms with van der Waals surface area (Å²) in [5.74, 6) is 0. The first-order valence-corrected chi connectivity index (χ1v) is 4.07. The Labute approximate surface area is 71.8 Å². The first-order chi connectivity index (χ1) is 5.81. The lowest BCUT2D eigenvalue weighted by Crippen LogP contribution is -2.06. The van der Waals surface area contributed by atoms with Gasteiger partial charge >= 0.3 is 0 Å². The van der Waals surface area contributed by atoms with Gasteiger partial charge in [0.2, 0.25) is 0 Å². The molecule has 1 aromatic carbocycles. The van der Waals surface area contributed by atoms with Gasteiger partial charge in [0, 0.05) is 12.6 Å². The van der Waals surface area contributed by atoms with E-state index in [1.54, 1.807) is 0 Å². The first kappa shape index (κ1) is 7.33. The normalized spacial score (nSPS) is 20.2. The van der Waals surface area contributed by atoms with E-state index in [9.17, 15) is 0 Å². The minimum absolute atomic E-state index is 0.397. The van der Waals surface area contributed by atoms with Crippen molar-refractivity contribution in [2.75, 3.05) is 0 Å². The first-order valence-electron chi connectivity index (χ1n) is 4.07. The standard InChI is InChI=1S/C10H10N2/c1-7-10-4-8(5-11)2-3-9(10)6-12-7/h2-4,7,12H,6H2,1H3/t7-/m0/s1. The molecule has 1 aliphatic heterocycles. The van der Waals surface area contributed by atoms with E-state index < -0.39 is 0 Å². The molecule has 0 aliphatic carbocycles. The van der Waals surface area contributed by atoms with Gasteiger partial charge in [-0.2, -0.15) is 5.26 Å². The molecular weight excluding hydrogens is 148 g/mol. The Kier molecular flexibility index (Phi) is 1.60. The molecule has 2 nitrogen and oxygen atoms in total. The molecule has 12 heavy (non-hydrogen) atoms. The van der Waals surface area contributed by atoms with Gasteiger partial charge in [0.1, 0.15) is 0 Å². The largest absolute Gasteiger partial charge is 0.306 e. The quantitative estimate of drug-likeness (QED) is 0.624. The van der Waals surface area contributed by atoms with E-state index in [4.69, 9.17) is 5.26 Å². The lowest BCUT2D eigenvalue weighted by Gasteiger charge is -2.03. The van der Waals surface area contributed by atoms with Crippen LogP contribution in [-0.4, -0.2) is 0 Å². The van der Waals surface area contributed by atoms with Crippen LogP contribution in [-0.2, 0) is 6.54 Å². The van der Waals surface area contributed by atoms with Crippen LogP contribution in [0.5, 0.6) is 0 Å². The van der Waals surface area contributed by atoms with E-state index in [-0.39, 0.29) is 0 Å². The molecule has 1 aliphatic rings. The number of nitrogens with zero attached hydrogens (tertiary/aromatic N) is 1. The molecule has 2 rings (SSSR count). The van der Waals surface area contributed by atoms with Gasteiger partial charge in [-0.15, -0.1) is 0 Å². The van der Waals surface area contributed by atoms with Crippen LogP contribution < -0.4 is 5.32 Å². The number of nitrogens with one attached hydrogen (secondary N) is 1. The molecule has 0 fully saturated rings. The molecule has 0 spiro atoms. The zero-order valence-corrected chi connectivity index (χ0v) is 6.96. The summed E-state index contributed by atoms with van der Waals surface area (Å²) in [7, 11) is 0. The summed E-state index contributed by atoms with van der Waals surface area (Å²) in [5.41, 5.74) is 3.35. The van der Waals surface area contributed by atoms with Crippen LogP contribution in [0.3, 0.4) is 0 Å². The van der Waals surface area contributed by atoms with E-state index in [0.29, 0.717) is 6.04 Å². The number of hydrogen-bond acceptors (Lipinski definition) is 2. The molecule has 0 radical (unpaired) electrons. The summed E-state index contributed by atoms with van der Waals surface area (Å²) in [4.78, 5) is 0. The second kappa shape index (κ2) is 2.62. The van der Waals surface area contributed by atoms with Crippen molar-refractivity contribution in [3.05, 3.63) is 34.9 Å². The van der Waals surface area contributed by atoms with Gasteiger partial charge in [-0.1, -0.05) is 6.07 Å². The van der Waals surface area contributed by atoms with Crippen molar-refractivity contribution in [2.45, 2.75) is 19.5 Å². The van der Waals surface area contributed by atoms with E-state index in [0.717, 1.165) is 12.1 Å². The van der Waals surface area contributed by atoms with Gasteiger partial charge in [-0.3, -0.25) is 0 Å². The zero-order valence-electron chi connectivity index (χ0n) is 6.96. The Morgan fingerprint density at radius 1 is 1.58 bits per heavy atom. The van der Waals surface area contributed by atoms with Gasteiger partial charge < -0.3 is 5.32 Å². The predicted octanol–water partition coefficient (Wildman–Crippen LogP) is 1.72. The number of nitriles is 1. The van der Waals surface area contributed by atoms with Crippen LogP contribution in [0.15, 0.2) is 18.2 Å². The second-order valence-electron chi connectivity index (χ2n) is 3.13. The lowest BCUT2D eigenvalue weighted by molar-refractivity contribution is 0.633. The Morgan fingerprint density at radius 2 is 2.42 bits per heavy atom. The van der Waals surface area contributed by atoms with Crippen molar-refractivity contribution in [3.63, 3.8) is 0 Å². The number of hydrogen-bond donors (Lipinski definition) is 1. The molecule has 0 bridgehead atoms. The minimum Gasteiger partial charge on any atom is -0.306 e. The summed E-state index contributed by atoms with van der Waals surface area (Å²) < 4.78 is 0. The molecule has 1 atom stereocenters. The zero-order chi connectivity index (χ0) is 8.55. The fourth-order valence-electron chi connectivity index (χ4n) is 1.60. The average Bonchev–Trinajstić information content (AvgIpc) is 2.47. The molecule has 0 saturated heterocycles. The van der Waals surface area contributed by atoms with Crippen LogP contribution in [0, 0.1) is 11.3 Å². The van der Waals surface area contributed by atoms with Crippen molar-refractivity contribution in [1.82, 2.24) is 5.32 Å². The molecule has 0 amide bonds. The Bertz CT molecular complexity index is 349. The van der Waals surface area contributed by atoms with Gasteiger partial charge in [0.25, 0.3) is 0 Å². The molecule has 1 N–H and O–H groups in total. The lowest BCUT2D eigenvalue weighted by atomic mass is 10.0. The van der Waals surface area contributed by atoms with Gasteiger partial charge in [0.05, 0.1) is 11.6 Å². The molecule has 1 aromatic rings. The third-order valence-electron chi connectivity index (χ3n) is 2.34. The van der Waals surface area contributed by atoms with E-state index in [2.05, 4.69) is 18.3 Å². The van der Waals surface area contributed by atoms with Crippen molar-refractivity contribution in [3.8, 4) is 6.07 Å². The SMILES string of the molecule is C[C@@H]1NCc2ccc(C#N)cc21. The maximum atomic E-state index is 8.68. The highest BCUT2D eigenvalue weighted by Gasteiger charge is 2.17. The predicted molar refractivity (Wildman–Crippen MR) is 46.4 cm³/mol.